The minimum Gasteiger partial charge on any atom is -0.494 e. The average Bonchev–Trinajstić information content (AvgIpc) is 2.58. The molecule has 25 heavy (non-hydrogen) atoms. The zero-order valence-corrected chi connectivity index (χ0v) is 15.0. The Morgan fingerprint density at radius 2 is 1.72 bits per heavy atom. The number of carbonyl (C=O) groups excluding carboxylic acids is 1. The third kappa shape index (κ3) is 6.03. The number of carbonyl (C=O) groups is 1. The Labute approximate surface area is 148 Å². The van der Waals surface area contributed by atoms with Crippen LogP contribution in [0, 0.1) is 6.92 Å². The van der Waals surface area contributed by atoms with Gasteiger partial charge in [0.05, 0.1) is 31.9 Å². The van der Waals surface area contributed by atoms with E-state index in [1.165, 1.54) is 0 Å². The van der Waals surface area contributed by atoms with Gasteiger partial charge >= 0.3 is 0 Å². The van der Waals surface area contributed by atoms with Crippen LogP contribution in [-0.2, 0) is 4.79 Å². The first-order valence-corrected chi connectivity index (χ1v) is 8.51. The first-order valence-electron chi connectivity index (χ1n) is 8.51. The Morgan fingerprint density at radius 3 is 2.44 bits per heavy atom. The molecule has 1 amide bonds. The quantitative estimate of drug-likeness (QED) is 0.741. The lowest BCUT2D eigenvalue weighted by Crippen LogP contribution is -2.16. The second-order valence-electron chi connectivity index (χ2n) is 5.49. The third-order valence-electron chi connectivity index (χ3n) is 3.42. The van der Waals surface area contributed by atoms with E-state index in [0.717, 1.165) is 11.3 Å². The molecule has 134 valence electrons. The Kier molecular flexibility index (Phi) is 7.14. The predicted octanol–water partition coefficient (Wildman–Crippen LogP) is 4.20. The van der Waals surface area contributed by atoms with Crippen molar-refractivity contribution in [1.29, 1.82) is 0 Å². The van der Waals surface area contributed by atoms with Gasteiger partial charge in [0, 0.05) is 6.07 Å². The van der Waals surface area contributed by atoms with E-state index in [1.54, 1.807) is 12.1 Å². The van der Waals surface area contributed by atoms with E-state index in [2.05, 4.69) is 5.32 Å². The highest BCUT2D eigenvalue weighted by molar-refractivity contribution is 5.92. The fraction of sp³-hybridized carbons (Fsp3) is 0.350. The smallest absolute Gasteiger partial charge is 0.227 e. The summed E-state index contributed by atoms with van der Waals surface area (Å²) in [6, 6.07) is 13.1. The molecule has 0 spiro atoms. The monoisotopic (exact) mass is 343 g/mol. The Hall–Kier alpha value is -2.69. The van der Waals surface area contributed by atoms with Gasteiger partial charge in [0.1, 0.15) is 17.2 Å². The van der Waals surface area contributed by atoms with Crippen molar-refractivity contribution in [3.63, 3.8) is 0 Å². The van der Waals surface area contributed by atoms with Gasteiger partial charge in [0.25, 0.3) is 0 Å². The van der Waals surface area contributed by atoms with E-state index in [-0.39, 0.29) is 12.3 Å². The molecule has 2 aromatic rings. The number of nitrogens with one attached hydrogen (secondary N) is 1. The number of hydrogen-bond donors (Lipinski definition) is 1. The molecule has 0 aromatic heterocycles. The number of aryl methyl sites for hydroxylation is 1. The highest BCUT2D eigenvalue weighted by Gasteiger charge is 2.10. The predicted molar refractivity (Wildman–Crippen MR) is 98.7 cm³/mol. The molecule has 1 N–H and O–H groups in total. The van der Waals surface area contributed by atoms with Gasteiger partial charge in [0.2, 0.25) is 5.91 Å². The average molecular weight is 343 g/mol. The van der Waals surface area contributed by atoms with Gasteiger partial charge in [-0.15, -0.1) is 0 Å². The molecule has 0 aliphatic carbocycles. The lowest BCUT2D eigenvalue weighted by atomic mass is 10.2. The number of amides is 1. The molecule has 0 bridgehead atoms. The van der Waals surface area contributed by atoms with Crippen LogP contribution >= 0.6 is 0 Å². The second kappa shape index (κ2) is 9.57. The molecule has 0 heterocycles. The topological polar surface area (TPSA) is 56.8 Å². The van der Waals surface area contributed by atoms with Gasteiger partial charge in [0.15, 0.2) is 0 Å². The number of ether oxygens (including phenoxy) is 3. The summed E-state index contributed by atoms with van der Waals surface area (Å²) in [5.74, 6) is 1.94. The molecular formula is C20H25NO4. The molecule has 0 saturated carbocycles. The highest BCUT2D eigenvalue weighted by Crippen LogP contribution is 2.29. The maximum absolute atomic E-state index is 12.2. The fourth-order valence-electron chi connectivity index (χ4n) is 2.32. The Bertz CT molecular complexity index is 700. The van der Waals surface area contributed by atoms with Gasteiger partial charge in [-0.25, -0.2) is 0 Å². The molecule has 2 rings (SSSR count). The summed E-state index contributed by atoms with van der Waals surface area (Å²) in [5.41, 5.74) is 1.73. The third-order valence-corrected chi connectivity index (χ3v) is 3.42. The summed E-state index contributed by atoms with van der Waals surface area (Å²) < 4.78 is 16.7. The normalized spacial score (nSPS) is 10.2. The van der Waals surface area contributed by atoms with Crippen molar-refractivity contribution in [2.75, 3.05) is 25.1 Å². The van der Waals surface area contributed by atoms with Crippen LogP contribution in [0.1, 0.15) is 25.8 Å². The maximum atomic E-state index is 12.2. The SMILES string of the molecule is CCOc1ccc(OCC)c(NC(=O)CCOc2cccc(C)c2)c1. The van der Waals surface area contributed by atoms with E-state index in [0.29, 0.717) is 37.0 Å². The van der Waals surface area contributed by atoms with Crippen LogP contribution in [0.5, 0.6) is 17.2 Å². The van der Waals surface area contributed by atoms with Gasteiger partial charge in [-0.2, -0.15) is 0 Å². The summed E-state index contributed by atoms with van der Waals surface area (Å²) in [7, 11) is 0. The van der Waals surface area contributed by atoms with Crippen molar-refractivity contribution in [3.8, 4) is 17.2 Å². The van der Waals surface area contributed by atoms with Gasteiger partial charge < -0.3 is 19.5 Å². The molecule has 0 fully saturated rings. The van der Waals surface area contributed by atoms with Crippen molar-refractivity contribution in [2.45, 2.75) is 27.2 Å². The van der Waals surface area contributed by atoms with E-state index in [9.17, 15) is 4.79 Å². The van der Waals surface area contributed by atoms with Crippen LogP contribution in [0.2, 0.25) is 0 Å². The molecule has 5 heteroatoms. The summed E-state index contributed by atoms with van der Waals surface area (Å²) >= 11 is 0. The first-order chi connectivity index (χ1) is 12.1. The molecule has 0 radical (unpaired) electrons. The summed E-state index contributed by atoms with van der Waals surface area (Å²) in [5, 5.41) is 2.87. The maximum Gasteiger partial charge on any atom is 0.227 e. The van der Waals surface area contributed by atoms with E-state index in [1.807, 2.05) is 51.1 Å². The van der Waals surface area contributed by atoms with Gasteiger partial charge in [-0.3, -0.25) is 4.79 Å². The standard InChI is InChI=1S/C20H25NO4/c1-4-23-17-9-10-19(24-5-2)18(14-17)21-20(22)11-12-25-16-8-6-7-15(3)13-16/h6-10,13-14H,4-5,11-12H2,1-3H3,(H,21,22). The molecule has 0 aliphatic heterocycles. The second-order valence-corrected chi connectivity index (χ2v) is 5.49. The summed E-state index contributed by atoms with van der Waals surface area (Å²) in [4.78, 5) is 12.2. The number of hydrogen-bond acceptors (Lipinski definition) is 4. The van der Waals surface area contributed by atoms with Crippen LogP contribution in [0.15, 0.2) is 42.5 Å². The highest BCUT2D eigenvalue weighted by atomic mass is 16.5. The van der Waals surface area contributed by atoms with E-state index < -0.39 is 0 Å². The zero-order valence-electron chi connectivity index (χ0n) is 15.0. The molecule has 0 saturated heterocycles. The van der Waals surface area contributed by atoms with Crippen LogP contribution in [0.4, 0.5) is 5.69 Å². The van der Waals surface area contributed by atoms with E-state index >= 15 is 0 Å². The number of benzene rings is 2. The minimum absolute atomic E-state index is 0.137. The Balaban J connectivity index is 1.93. The Morgan fingerprint density at radius 1 is 0.960 bits per heavy atom. The molecular weight excluding hydrogens is 318 g/mol. The number of anilines is 1. The van der Waals surface area contributed by atoms with Crippen molar-refractivity contribution in [1.82, 2.24) is 0 Å². The molecule has 0 aliphatic rings. The molecule has 5 nitrogen and oxygen atoms in total. The van der Waals surface area contributed by atoms with Crippen LogP contribution in [-0.4, -0.2) is 25.7 Å². The van der Waals surface area contributed by atoms with Gasteiger partial charge in [-0.05, 0) is 50.6 Å². The summed E-state index contributed by atoms with van der Waals surface area (Å²) in [6.07, 6.45) is 0.248. The molecule has 0 atom stereocenters. The lowest BCUT2D eigenvalue weighted by Gasteiger charge is -2.14. The molecule has 2 aromatic carbocycles. The fourth-order valence-corrected chi connectivity index (χ4v) is 2.32. The first kappa shape index (κ1) is 18.6. The largest absolute Gasteiger partial charge is 0.494 e. The van der Waals surface area contributed by atoms with Crippen molar-refractivity contribution in [2.24, 2.45) is 0 Å². The van der Waals surface area contributed by atoms with Crippen LogP contribution in [0.3, 0.4) is 0 Å². The minimum atomic E-state index is -0.137. The van der Waals surface area contributed by atoms with Crippen molar-refractivity contribution < 1.29 is 19.0 Å². The van der Waals surface area contributed by atoms with E-state index in [4.69, 9.17) is 14.2 Å². The summed E-state index contributed by atoms with van der Waals surface area (Å²) in [6.45, 7) is 7.21. The van der Waals surface area contributed by atoms with Crippen molar-refractivity contribution >= 4 is 11.6 Å². The van der Waals surface area contributed by atoms with Crippen LogP contribution in [0.25, 0.3) is 0 Å². The molecule has 0 unspecified atom stereocenters. The number of rotatable bonds is 9. The zero-order chi connectivity index (χ0) is 18.1. The lowest BCUT2D eigenvalue weighted by molar-refractivity contribution is -0.116. The van der Waals surface area contributed by atoms with Crippen LogP contribution < -0.4 is 19.5 Å². The van der Waals surface area contributed by atoms with Crippen molar-refractivity contribution in [3.05, 3.63) is 48.0 Å². The van der Waals surface area contributed by atoms with Gasteiger partial charge in [-0.1, -0.05) is 12.1 Å².